The van der Waals surface area contributed by atoms with E-state index in [1.54, 1.807) is 0 Å². The number of rotatable bonds is 3. The monoisotopic (exact) mass is 252 g/mol. The van der Waals surface area contributed by atoms with Crippen molar-refractivity contribution >= 4 is 51.5 Å². The molecule has 0 amide bonds. The molecule has 6 heteroatoms. The van der Waals surface area contributed by atoms with Crippen molar-refractivity contribution in [2.24, 2.45) is 0 Å². The Hall–Kier alpha value is 0.870. The molecule has 0 bridgehead atoms. The van der Waals surface area contributed by atoms with E-state index in [0.29, 0.717) is 5.57 Å². The fourth-order valence-corrected chi connectivity index (χ4v) is 2.31. The van der Waals surface area contributed by atoms with E-state index in [-0.39, 0.29) is 10.9 Å². The van der Waals surface area contributed by atoms with Crippen molar-refractivity contribution < 1.29 is 4.57 Å². The van der Waals surface area contributed by atoms with E-state index in [9.17, 15) is 4.57 Å². The summed E-state index contributed by atoms with van der Waals surface area (Å²) in [5.41, 5.74) is 0.440. The van der Waals surface area contributed by atoms with Gasteiger partial charge in [0.15, 0.2) is 0 Å². The highest BCUT2D eigenvalue weighted by Crippen LogP contribution is 2.59. The fourth-order valence-electron chi connectivity index (χ4n) is 0.287. The Labute approximate surface area is 84.9 Å². The average molecular weight is 254 g/mol. The average Bonchev–Trinajstić information content (AvgIpc) is 1.82. The highest BCUT2D eigenvalue weighted by atomic mass is 35.9. The zero-order valence-corrected chi connectivity index (χ0v) is 9.28. The number of allylic oxidation sites excluding steroid dienone is 2. The summed E-state index contributed by atoms with van der Waals surface area (Å²) in [6, 6.07) is 0. The Morgan fingerprint density at radius 1 is 1.55 bits per heavy atom. The van der Waals surface area contributed by atoms with Crippen LogP contribution in [0.2, 0.25) is 0 Å². The molecule has 0 heterocycles. The van der Waals surface area contributed by atoms with Gasteiger partial charge in [0.05, 0.1) is 5.03 Å². The van der Waals surface area contributed by atoms with Crippen molar-refractivity contribution in [1.82, 2.24) is 0 Å². The lowest BCUT2D eigenvalue weighted by Gasteiger charge is -1.98. The summed E-state index contributed by atoms with van der Waals surface area (Å²) in [5.74, 6) is -2.06. The summed E-state index contributed by atoms with van der Waals surface area (Å²) in [4.78, 5) is 0. The summed E-state index contributed by atoms with van der Waals surface area (Å²) in [6.45, 7) is 3.49. The van der Waals surface area contributed by atoms with E-state index >= 15 is 0 Å². The van der Waals surface area contributed by atoms with Crippen LogP contribution in [0.5, 0.6) is 0 Å². The van der Waals surface area contributed by atoms with Gasteiger partial charge in [-0.1, -0.05) is 18.2 Å². The van der Waals surface area contributed by atoms with Crippen LogP contribution in [0.4, 0.5) is 0 Å². The van der Waals surface area contributed by atoms with Gasteiger partial charge in [0, 0.05) is 11.7 Å². The Morgan fingerprint density at radius 2 is 2.00 bits per heavy atom. The van der Waals surface area contributed by atoms with Gasteiger partial charge in [-0.05, 0) is 28.1 Å². The fraction of sp³-hybridized carbons (Fsp3) is 0.200. The highest BCUT2D eigenvalue weighted by Gasteiger charge is 2.11. The molecule has 0 saturated carbocycles. The van der Waals surface area contributed by atoms with Crippen LogP contribution in [-0.2, 0) is 4.57 Å². The Kier molecular flexibility index (Phi) is 5.17. The van der Waals surface area contributed by atoms with Gasteiger partial charge in [-0.3, -0.25) is 4.57 Å². The topological polar surface area (TPSA) is 17.1 Å². The van der Waals surface area contributed by atoms with Gasteiger partial charge < -0.3 is 0 Å². The maximum absolute atomic E-state index is 10.7. The second kappa shape index (κ2) is 4.79. The molecular weight excluding hydrogens is 249 g/mol. The minimum absolute atomic E-state index is 0.147. The molecule has 0 aliphatic rings. The van der Waals surface area contributed by atoms with Crippen LogP contribution in [0.1, 0.15) is 0 Å². The SMILES string of the molecule is C=C(CCl)/C(Cl)=C\P(=O)(Cl)Cl. The second-order valence-electron chi connectivity index (χ2n) is 1.72. The molecule has 0 N–H and O–H groups in total. The van der Waals surface area contributed by atoms with Gasteiger partial charge in [-0.2, -0.15) is 0 Å². The molecule has 0 unspecified atom stereocenters. The van der Waals surface area contributed by atoms with Gasteiger partial charge in [-0.15, -0.1) is 11.6 Å². The van der Waals surface area contributed by atoms with Crippen molar-refractivity contribution in [2.75, 3.05) is 5.88 Å². The smallest absolute Gasteiger partial charge is 0.276 e. The van der Waals surface area contributed by atoms with Gasteiger partial charge >= 0.3 is 0 Å². The summed E-state index contributed by atoms with van der Waals surface area (Å²) in [5, 5.41) is 0.147. The van der Waals surface area contributed by atoms with Crippen LogP contribution >= 0.6 is 51.5 Å². The van der Waals surface area contributed by atoms with Crippen LogP contribution in [0.25, 0.3) is 0 Å². The summed E-state index contributed by atoms with van der Waals surface area (Å²) in [6.07, 6.45) is 0. The zero-order valence-electron chi connectivity index (χ0n) is 5.36. The first-order valence-corrected chi connectivity index (χ1v) is 6.98. The Morgan fingerprint density at radius 3 is 2.27 bits per heavy atom. The lowest BCUT2D eigenvalue weighted by atomic mass is 10.3. The molecule has 0 spiro atoms. The minimum atomic E-state index is -3.26. The lowest BCUT2D eigenvalue weighted by molar-refractivity contribution is 0.597. The molecule has 0 radical (unpaired) electrons. The van der Waals surface area contributed by atoms with E-state index in [2.05, 4.69) is 6.58 Å². The third-order valence-electron chi connectivity index (χ3n) is 0.763. The lowest BCUT2D eigenvalue weighted by Crippen LogP contribution is -1.80. The molecule has 1 nitrogen and oxygen atoms in total. The minimum Gasteiger partial charge on any atom is -0.285 e. The van der Waals surface area contributed by atoms with Gasteiger partial charge in [-0.25, -0.2) is 0 Å². The number of hydrogen-bond donors (Lipinski definition) is 0. The third kappa shape index (κ3) is 6.07. The van der Waals surface area contributed by atoms with E-state index in [1.807, 2.05) is 0 Å². The van der Waals surface area contributed by atoms with E-state index in [0.717, 1.165) is 5.82 Å². The number of alkyl halides is 1. The first kappa shape index (κ1) is 11.9. The Bertz CT molecular complexity index is 229. The molecule has 0 aliphatic heterocycles. The summed E-state index contributed by atoms with van der Waals surface area (Å²) in [7, 11) is 0. The quantitative estimate of drug-likeness (QED) is 0.410. The maximum atomic E-state index is 10.7. The first-order valence-electron chi connectivity index (χ1n) is 2.48. The van der Waals surface area contributed by atoms with E-state index in [1.165, 1.54) is 0 Å². The summed E-state index contributed by atoms with van der Waals surface area (Å²) >= 11 is 21.3. The van der Waals surface area contributed by atoms with Crippen molar-refractivity contribution in [3.05, 3.63) is 23.0 Å². The van der Waals surface area contributed by atoms with Gasteiger partial charge in [0.2, 0.25) is 0 Å². The Balaban J connectivity index is 4.48. The molecule has 0 aromatic rings. The van der Waals surface area contributed by atoms with Crippen LogP contribution in [0.3, 0.4) is 0 Å². The van der Waals surface area contributed by atoms with E-state index in [4.69, 9.17) is 45.7 Å². The number of halogens is 4. The number of hydrogen-bond acceptors (Lipinski definition) is 1. The molecule has 0 aromatic heterocycles. The first-order chi connectivity index (χ1) is 4.87. The molecule has 0 aromatic carbocycles. The summed E-state index contributed by atoms with van der Waals surface area (Å²) < 4.78 is 10.7. The van der Waals surface area contributed by atoms with Crippen molar-refractivity contribution in [3.63, 3.8) is 0 Å². The van der Waals surface area contributed by atoms with E-state index < -0.39 is 5.85 Å². The van der Waals surface area contributed by atoms with Gasteiger partial charge in [0.1, 0.15) is 0 Å². The molecule has 64 valence electrons. The highest BCUT2D eigenvalue weighted by molar-refractivity contribution is 8.10. The van der Waals surface area contributed by atoms with Crippen molar-refractivity contribution in [1.29, 1.82) is 0 Å². The van der Waals surface area contributed by atoms with Crippen LogP contribution < -0.4 is 0 Å². The maximum Gasteiger partial charge on any atom is 0.276 e. The van der Waals surface area contributed by atoms with Crippen LogP contribution in [0.15, 0.2) is 23.0 Å². The molecule has 0 atom stereocenters. The molecule has 0 rings (SSSR count). The van der Waals surface area contributed by atoms with Gasteiger partial charge in [0.25, 0.3) is 5.85 Å². The zero-order chi connectivity index (χ0) is 9.07. The van der Waals surface area contributed by atoms with Crippen LogP contribution in [-0.4, -0.2) is 5.88 Å². The molecule has 0 fully saturated rings. The second-order valence-corrected chi connectivity index (χ2v) is 7.19. The predicted molar refractivity (Wildman–Crippen MR) is 53.1 cm³/mol. The standard InChI is InChI=1S/C5H5Cl4OP/c1-4(2-6)5(7)3-11(8,9)10/h3H,1-2H2/b5-3+. The third-order valence-corrected chi connectivity index (χ3v) is 2.76. The largest absolute Gasteiger partial charge is 0.285 e. The normalized spacial score (nSPS) is 13.3. The van der Waals surface area contributed by atoms with Crippen LogP contribution in [0, 0.1) is 0 Å². The molecule has 0 aliphatic carbocycles. The molecule has 0 saturated heterocycles. The van der Waals surface area contributed by atoms with Crippen molar-refractivity contribution in [2.45, 2.75) is 0 Å². The van der Waals surface area contributed by atoms with Crippen molar-refractivity contribution in [3.8, 4) is 0 Å². The molecular formula is C5H5Cl4OP. The molecule has 11 heavy (non-hydrogen) atoms. The predicted octanol–water partition coefficient (Wildman–Crippen LogP) is 4.53.